The SMILES string of the molecule is Cc1cc(NC(=O)NCC(C)(O)c2ccc(F)cc2)cnc1Cl. The van der Waals surface area contributed by atoms with E-state index >= 15 is 0 Å². The molecule has 0 saturated heterocycles. The van der Waals surface area contributed by atoms with Crippen LogP contribution < -0.4 is 10.6 Å². The lowest BCUT2D eigenvalue weighted by Crippen LogP contribution is -2.40. The van der Waals surface area contributed by atoms with Crippen LogP contribution in [0.1, 0.15) is 18.1 Å². The average Bonchev–Trinajstić information content (AvgIpc) is 2.50. The Kier molecular flexibility index (Phi) is 5.18. The third kappa shape index (κ3) is 4.64. The maximum Gasteiger partial charge on any atom is 0.319 e. The first-order chi connectivity index (χ1) is 10.8. The van der Waals surface area contributed by atoms with Crippen LogP contribution in [0.15, 0.2) is 36.5 Å². The van der Waals surface area contributed by atoms with Crippen molar-refractivity contribution >= 4 is 23.3 Å². The molecule has 1 heterocycles. The van der Waals surface area contributed by atoms with Crippen molar-refractivity contribution in [3.63, 3.8) is 0 Å². The summed E-state index contributed by atoms with van der Waals surface area (Å²) < 4.78 is 12.9. The summed E-state index contributed by atoms with van der Waals surface area (Å²) in [5, 5.41) is 15.9. The number of urea groups is 1. The third-order valence-electron chi connectivity index (χ3n) is 3.33. The second-order valence-corrected chi connectivity index (χ2v) is 5.78. The van der Waals surface area contributed by atoms with Gasteiger partial charge in [0, 0.05) is 0 Å². The Hall–Kier alpha value is -2.18. The number of carbonyl (C=O) groups excluding carboxylic acids is 1. The highest BCUT2D eigenvalue weighted by Crippen LogP contribution is 2.20. The molecule has 1 unspecified atom stereocenters. The van der Waals surface area contributed by atoms with E-state index in [-0.39, 0.29) is 12.4 Å². The van der Waals surface area contributed by atoms with E-state index in [4.69, 9.17) is 11.6 Å². The van der Waals surface area contributed by atoms with Crippen LogP contribution in [0.25, 0.3) is 0 Å². The number of aromatic nitrogens is 1. The number of benzene rings is 1. The predicted octanol–water partition coefficient (Wildman–Crippen LogP) is 3.21. The molecular formula is C16H17ClFN3O2. The Bertz CT molecular complexity index is 705. The van der Waals surface area contributed by atoms with Gasteiger partial charge in [-0.2, -0.15) is 0 Å². The molecule has 1 atom stereocenters. The van der Waals surface area contributed by atoms with Crippen LogP contribution in [-0.4, -0.2) is 22.7 Å². The van der Waals surface area contributed by atoms with Gasteiger partial charge in [0.1, 0.15) is 16.6 Å². The standard InChI is InChI=1S/C16H17ClFN3O2/c1-10-7-13(8-19-14(10)17)21-15(22)20-9-16(2,23)11-3-5-12(18)6-4-11/h3-8,23H,9H2,1-2H3,(H2,20,21,22). The zero-order valence-electron chi connectivity index (χ0n) is 12.7. The minimum Gasteiger partial charge on any atom is -0.384 e. The van der Waals surface area contributed by atoms with E-state index in [1.165, 1.54) is 37.4 Å². The highest BCUT2D eigenvalue weighted by Gasteiger charge is 2.23. The van der Waals surface area contributed by atoms with Gasteiger partial charge in [0.2, 0.25) is 0 Å². The molecule has 0 bridgehead atoms. The van der Waals surface area contributed by atoms with Gasteiger partial charge in [-0.25, -0.2) is 14.2 Å². The van der Waals surface area contributed by atoms with E-state index < -0.39 is 11.6 Å². The Balaban J connectivity index is 1.95. The normalized spacial score (nSPS) is 13.3. The van der Waals surface area contributed by atoms with Crippen LogP contribution in [0.4, 0.5) is 14.9 Å². The van der Waals surface area contributed by atoms with Crippen molar-refractivity contribution in [3.05, 3.63) is 58.6 Å². The van der Waals surface area contributed by atoms with Crippen LogP contribution >= 0.6 is 11.6 Å². The van der Waals surface area contributed by atoms with Gasteiger partial charge in [0.05, 0.1) is 18.4 Å². The lowest BCUT2D eigenvalue weighted by molar-refractivity contribution is 0.0599. The minimum atomic E-state index is -1.32. The van der Waals surface area contributed by atoms with Gasteiger partial charge in [0.25, 0.3) is 0 Å². The summed E-state index contributed by atoms with van der Waals surface area (Å²) >= 11 is 5.82. The first kappa shape index (κ1) is 17.2. The number of hydrogen-bond donors (Lipinski definition) is 3. The summed E-state index contributed by atoms with van der Waals surface area (Å²) in [4.78, 5) is 15.8. The predicted molar refractivity (Wildman–Crippen MR) is 87.0 cm³/mol. The molecule has 3 N–H and O–H groups in total. The summed E-state index contributed by atoms with van der Waals surface area (Å²) in [6, 6.07) is 6.66. The van der Waals surface area contributed by atoms with Crippen LogP contribution in [0.5, 0.6) is 0 Å². The molecule has 5 nitrogen and oxygen atoms in total. The molecule has 23 heavy (non-hydrogen) atoms. The maximum atomic E-state index is 12.9. The summed E-state index contributed by atoms with van der Waals surface area (Å²) in [7, 11) is 0. The second-order valence-electron chi connectivity index (χ2n) is 5.42. The summed E-state index contributed by atoms with van der Waals surface area (Å²) in [6.45, 7) is 3.27. The van der Waals surface area contributed by atoms with E-state index in [2.05, 4.69) is 15.6 Å². The van der Waals surface area contributed by atoms with Crippen molar-refractivity contribution in [2.75, 3.05) is 11.9 Å². The molecule has 1 aromatic heterocycles. The van der Waals surface area contributed by atoms with Crippen molar-refractivity contribution in [1.29, 1.82) is 0 Å². The highest BCUT2D eigenvalue weighted by molar-refractivity contribution is 6.30. The zero-order valence-corrected chi connectivity index (χ0v) is 13.5. The van der Waals surface area contributed by atoms with Crippen molar-refractivity contribution in [3.8, 4) is 0 Å². The molecular weight excluding hydrogens is 321 g/mol. The van der Waals surface area contributed by atoms with E-state index in [0.717, 1.165) is 5.56 Å². The number of pyridine rings is 1. The van der Waals surface area contributed by atoms with Gasteiger partial charge in [-0.3, -0.25) is 0 Å². The summed E-state index contributed by atoms with van der Waals surface area (Å²) in [5.74, 6) is -0.388. The van der Waals surface area contributed by atoms with Crippen LogP contribution in [-0.2, 0) is 5.60 Å². The lowest BCUT2D eigenvalue weighted by atomic mass is 9.96. The molecule has 1 aromatic carbocycles. The van der Waals surface area contributed by atoms with Gasteiger partial charge in [-0.1, -0.05) is 23.7 Å². The number of halogens is 2. The van der Waals surface area contributed by atoms with Crippen molar-refractivity contribution in [2.24, 2.45) is 0 Å². The molecule has 0 saturated carbocycles. The van der Waals surface area contributed by atoms with E-state index in [1.807, 2.05) is 0 Å². The Morgan fingerprint density at radius 2 is 2.04 bits per heavy atom. The zero-order chi connectivity index (χ0) is 17.0. The highest BCUT2D eigenvalue weighted by atomic mass is 35.5. The van der Waals surface area contributed by atoms with Crippen LogP contribution in [0, 0.1) is 12.7 Å². The molecule has 0 radical (unpaired) electrons. The number of aryl methyl sites for hydroxylation is 1. The molecule has 2 rings (SSSR count). The van der Waals surface area contributed by atoms with Crippen molar-refractivity contribution in [2.45, 2.75) is 19.4 Å². The summed E-state index contributed by atoms with van der Waals surface area (Å²) in [5.41, 5.74) is 0.413. The quantitative estimate of drug-likeness (QED) is 0.750. The van der Waals surface area contributed by atoms with Crippen LogP contribution in [0.3, 0.4) is 0 Å². The first-order valence-corrected chi connectivity index (χ1v) is 7.31. The van der Waals surface area contributed by atoms with Gasteiger partial charge in [0.15, 0.2) is 0 Å². The largest absolute Gasteiger partial charge is 0.384 e. The molecule has 0 aliphatic heterocycles. The molecule has 2 aromatic rings. The molecule has 7 heteroatoms. The number of amides is 2. The number of nitrogens with one attached hydrogen (secondary N) is 2. The molecule has 0 spiro atoms. The molecule has 2 amide bonds. The number of anilines is 1. The van der Waals surface area contributed by atoms with Gasteiger partial charge < -0.3 is 15.7 Å². The van der Waals surface area contributed by atoms with Crippen molar-refractivity contribution < 1.29 is 14.3 Å². The number of carbonyl (C=O) groups is 1. The smallest absolute Gasteiger partial charge is 0.319 e. The van der Waals surface area contributed by atoms with E-state index in [0.29, 0.717) is 16.4 Å². The monoisotopic (exact) mass is 337 g/mol. The second kappa shape index (κ2) is 6.93. The van der Waals surface area contributed by atoms with Crippen molar-refractivity contribution in [1.82, 2.24) is 10.3 Å². The maximum absolute atomic E-state index is 12.9. The van der Waals surface area contributed by atoms with Crippen LogP contribution in [0.2, 0.25) is 5.15 Å². The number of aliphatic hydroxyl groups is 1. The van der Waals surface area contributed by atoms with Gasteiger partial charge in [-0.15, -0.1) is 0 Å². The summed E-state index contributed by atoms with van der Waals surface area (Å²) in [6.07, 6.45) is 1.44. The number of nitrogens with zero attached hydrogens (tertiary/aromatic N) is 1. The number of rotatable bonds is 4. The molecule has 122 valence electrons. The molecule has 0 aliphatic rings. The molecule has 0 fully saturated rings. The fourth-order valence-electron chi connectivity index (χ4n) is 1.97. The fraction of sp³-hybridized carbons (Fsp3) is 0.250. The van der Waals surface area contributed by atoms with Gasteiger partial charge in [-0.05, 0) is 43.2 Å². The van der Waals surface area contributed by atoms with E-state index in [1.54, 1.807) is 13.0 Å². The molecule has 0 aliphatic carbocycles. The lowest BCUT2D eigenvalue weighted by Gasteiger charge is -2.24. The third-order valence-corrected chi connectivity index (χ3v) is 3.73. The minimum absolute atomic E-state index is 0.0372. The van der Waals surface area contributed by atoms with E-state index in [9.17, 15) is 14.3 Å². The van der Waals surface area contributed by atoms with Gasteiger partial charge >= 0.3 is 6.03 Å². The Morgan fingerprint density at radius 1 is 1.39 bits per heavy atom. The Labute approximate surface area is 138 Å². The number of hydrogen-bond acceptors (Lipinski definition) is 3. The average molecular weight is 338 g/mol. The topological polar surface area (TPSA) is 74.2 Å². The fourth-order valence-corrected chi connectivity index (χ4v) is 2.07. The first-order valence-electron chi connectivity index (χ1n) is 6.93. The Morgan fingerprint density at radius 3 is 2.65 bits per heavy atom.